The third kappa shape index (κ3) is 3.64. The van der Waals surface area contributed by atoms with Gasteiger partial charge in [0.25, 0.3) is 0 Å². The number of nitrogens with two attached hydrogens (primary N) is 1. The van der Waals surface area contributed by atoms with Gasteiger partial charge in [0.1, 0.15) is 5.84 Å². The van der Waals surface area contributed by atoms with Gasteiger partial charge in [-0.2, -0.15) is 0 Å². The summed E-state index contributed by atoms with van der Waals surface area (Å²) < 4.78 is 0. The van der Waals surface area contributed by atoms with Gasteiger partial charge in [-0.3, -0.25) is 0 Å². The van der Waals surface area contributed by atoms with Gasteiger partial charge in [-0.15, -0.1) is 0 Å². The number of likely N-dealkylation sites (tertiary alicyclic amines) is 1. The summed E-state index contributed by atoms with van der Waals surface area (Å²) in [6.07, 6.45) is 1.64. The normalized spacial score (nSPS) is 27.9. The van der Waals surface area contributed by atoms with E-state index in [9.17, 15) is 0 Å². The van der Waals surface area contributed by atoms with Gasteiger partial charge in [0.2, 0.25) is 0 Å². The highest BCUT2D eigenvalue weighted by molar-refractivity contribution is 5.79. The predicted octanol–water partition coefficient (Wildman–Crippen LogP) is 0.395. The molecule has 1 rings (SSSR count). The maximum Gasteiger partial charge on any atom is 0.139 e. The highest BCUT2D eigenvalue weighted by atomic mass is 16.4. The van der Waals surface area contributed by atoms with Crippen LogP contribution < -0.4 is 5.73 Å². The molecule has 1 heterocycles. The Morgan fingerprint density at radius 1 is 1.50 bits per heavy atom. The average Bonchev–Trinajstić information content (AvgIpc) is 2.59. The summed E-state index contributed by atoms with van der Waals surface area (Å²) in [6, 6.07) is 0.656. The van der Waals surface area contributed by atoms with Crippen molar-refractivity contribution in [2.75, 3.05) is 33.7 Å². The number of likely N-dealkylation sites (N-methyl/N-ethyl adjacent to an activating group) is 1. The van der Waals surface area contributed by atoms with Gasteiger partial charge in [-0.05, 0) is 33.0 Å². The summed E-state index contributed by atoms with van der Waals surface area (Å²) in [5.41, 5.74) is 5.43. The zero-order valence-corrected chi connectivity index (χ0v) is 10.6. The molecular formula is C11H24N4O. The molecule has 0 radical (unpaired) electrons. The summed E-state index contributed by atoms with van der Waals surface area (Å²) in [5, 5.41) is 11.4. The lowest BCUT2D eigenvalue weighted by Crippen LogP contribution is -2.34. The van der Waals surface area contributed by atoms with Crippen LogP contribution in [0.2, 0.25) is 0 Å². The molecule has 0 aromatic rings. The van der Waals surface area contributed by atoms with Crippen molar-refractivity contribution in [1.82, 2.24) is 9.80 Å². The van der Waals surface area contributed by atoms with E-state index in [1.807, 2.05) is 0 Å². The molecule has 2 unspecified atom stereocenters. The maximum absolute atomic E-state index is 8.43. The minimum absolute atomic E-state index is 0.330. The molecule has 0 amide bonds. The van der Waals surface area contributed by atoms with Crippen LogP contribution in [0.15, 0.2) is 5.16 Å². The average molecular weight is 228 g/mol. The van der Waals surface area contributed by atoms with Crippen LogP contribution in [0.5, 0.6) is 0 Å². The molecule has 0 aromatic carbocycles. The molecule has 0 bridgehead atoms. The first-order valence-electron chi connectivity index (χ1n) is 5.89. The zero-order chi connectivity index (χ0) is 12.1. The van der Waals surface area contributed by atoms with Gasteiger partial charge < -0.3 is 20.7 Å². The van der Waals surface area contributed by atoms with E-state index >= 15 is 0 Å². The standard InChI is InChI=1S/C11H24N4O/c1-9-7-15(8-10(9)14(2)3)6-4-5-11(12)13-16/h9-10,16H,4-8H2,1-3H3,(H2,12,13). The monoisotopic (exact) mass is 228 g/mol. The lowest BCUT2D eigenvalue weighted by Gasteiger charge is -2.22. The van der Waals surface area contributed by atoms with Crippen molar-refractivity contribution < 1.29 is 5.21 Å². The fraction of sp³-hybridized carbons (Fsp3) is 0.909. The summed E-state index contributed by atoms with van der Waals surface area (Å²) in [5.74, 6) is 1.05. The third-order valence-electron chi connectivity index (χ3n) is 3.35. The highest BCUT2D eigenvalue weighted by Crippen LogP contribution is 2.19. The van der Waals surface area contributed by atoms with Crippen LogP contribution in [0.1, 0.15) is 19.8 Å². The van der Waals surface area contributed by atoms with Crippen LogP contribution in [0.25, 0.3) is 0 Å². The van der Waals surface area contributed by atoms with Crippen molar-refractivity contribution in [3.8, 4) is 0 Å². The van der Waals surface area contributed by atoms with Crippen LogP contribution in [0.3, 0.4) is 0 Å². The molecule has 0 saturated carbocycles. The number of nitrogens with zero attached hydrogens (tertiary/aromatic N) is 3. The molecular weight excluding hydrogens is 204 g/mol. The Morgan fingerprint density at radius 2 is 2.19 bits per heavy atom. The van der Waals surface area contributed by atoms with E-state index in [-0.39, 0.29) is 0 Å². The zero-order valence-electron chi connectivity index (χ0n) is 10.6. The number of amidine groups is 1. The third-order valence-corrected chi connectivity index (χ3v) is 3.35. The molecule has 3 N–H and O–H groups in total. The van der Waals surface area contributed by atoms with Crippen molar-refractivity contribution in [3.05, 3.63) is 0 Å². The first kappa shape index (κ1) is 13.3. The van der Waals surface area contributed by atoms with E-state index in [1.54, 1.807) is 0 Å². The molecule has 94 valence electrons. The van der Waals surface area contributed by atoms with Crippen molar-refractivity contribution in [2.45, 2.75) is 25.8 Å². The molecule has 0 aliphatic carbocycles. The highest BCUT2D eigenvalue weighted by Gasteiger charge is 2.30. The number of hydrogen-bond donors (Lipinski definition) is 2. The Kier molecular flexibility index (Phi) is 5.02. The predicted molar refractivity (Wildman–Crippen MR) is 65.7 cm³/mol. The number of hydrogen-bond acceptors (Lipinski definition) is 4. The van der Waals surface area contributed by atoms with Crippen molar-refractivity contribution in [1.29, 1.82) is 0 Å². The second kappa shape index (κ2) is 6.06. The van der Waals surface area contributed by atoms with E-state index in [0.29, 0.717) is 18.3 Å². The fourth-order valence-electron chi connectivity index (χ4n) is 2.44. The molecule has 0 aromatic heterocycles. The quantitative estimate of drug-likeness (QED) is 0.309. The van der Waals surface area contributed by atoms with Gasteiger partial charge in [0.15, 0.2) is 0 Å². The Hall–Kier alpha value is -0.810. The van der Waals surface area contributed by atoms with Gasteiger partial charge in [-0.1, -0.05) is 12.1 Å². The summed E-state index contributed by atoms with van der Waals surface area (Å²) in [7, 11) is 4.28. The molecule has 2 atom stereocenters. The lowest BCUT2D eigenvalue weighted by atomic mass is 10.1. The molecule has 16 heavy (non-hydrogen) atoms. The smallest absolute Gasteiger partial charge is 0.139 e. The largest absolute Gasteiger partial charge is 0.409 e. The number of rotatable bonds is 5. The lowest BCUT2D eigenvalue weighted by molar-refractivity contribution is 0.251. The van der Waals surface area contributed by atoms with Crippen LogP contribution in [0.4, 0.5) is 0 Å². The van der Waals surface area contributed by atoms with Gasteiger partial charge in [-0.25, -0.2) is 0 Å². The van der Waals surface area contributed by atoms with Crippen molar-refractivity contribution in [3.63, 3.8) is 0 Å². The Balaban J connectivity index is 2.25. The van der Waals surface area contributed by atoms with E-state index in [2.05, 4.69) is 36.0 Å². The van der Waals surface area contributed by atoms with E-state index < -0.39 is 0 Å². The first-order chi connectivity index (χ1) is 7.54. The summed E-state index contributed by atoms with van der Waals surface area (Å²) in [4.78, 5) is 4.76. The van der Waals surface area contributed by atoms with Crippen LogP contribution in [0, 0.1) is 5.92 Å². The summed E-state index contributed by atoms with van der Waals surface area (Å²) in [6.45, 7) is 5.61. The fourth-order valence-corrected chi connectivity index (χ4v) is 2.44. The molecule has 5 heteroatoms. The Morgan fingerprint density at radius 3 is 2.69 bits per heavy atom. The molecule has 1 fully saturated rings. The maximum atomic E-state index is 8.43. The molecule has 1 aliphatic rings. The topological polar surface area (TPSA) is 65.1 Å². The van der Waals surface area contributed by atoms with Crippen LogP contribution in [-0.4, -0.2) is 60.6 Å². The summed E-state index contributed by atoms with van der Waals surface area (Å²) >= 11 is 0. The molecule has 1 aliphatic heterocycles. The second-order valence-electron chi connectivity index (χ2n) is 4.96. The van der Waals surface area contributed by atoms with E-state index in [0.717, 1.165) is 32.0 Å². The second-order valence-corrected chi connectivity index (χ2v) is 4.96. The minimum atomic E-state index is 0.330. The SMILES string of the molecule is CC1CN(CCCC(N)=NO)CC1N(C)C. The van der Waals surface area contributed by atoms with Crippen LogP contribution in [-0.2, 0) is 0 Å². The Bertz CT molecular complexity index is 242. The van der Waals surface area contributed by atoms with E-state index in [4.69, 9.17) is 10.9 Å². The van der Waals surface area contributed by atoms with Gasteiger partial charge in [0.05, 0.1) is 0 Å². The van der Waals surface area contributed by atoms with Crippen molar-refractivity contribution >= 4 is 5.84 Å². The molecule has 0 spiro atoms. The van der Waals surface area contributed by atoms with Crippen LogP contribution >= 0.6 is 0 Å². The molecule has 1 saturated heterocycles. The number of oxime groups is 1. The van der Waals surface area contributed by atoms with Gasteiger partial charge in [0, 0.05) is 25.6 Å². The Labute approximate surface area is 97.9 Å². The molecule has 5 nitrogen and oxygen atoms in total. The minimum Gasteiger partial charge on any atom is -0.409 e. The van der Waals surface area contributed by atoms with Crippen molar-refractivity contribution in [2.24, 2.45) is 16.8 Å². The first-order valence-corrected chi connectivity index (χ1v) is 5.89. The van der Waals surface area contributed by atoms with E-state index in [1.165, 1.54) is 0 Å². The van der Waals surface area contributed by atoms with Gasteiger partial charge >= 0.3 is 0 Å².